The van der Waals surface area contributed by atoms with Gasteiger partial charge in [-0.15, -0.1) is 10.2 Å². The van der Waals surface area contributed by atoms with E-state index in [-0.39, 0.29) is 11.9 Å². The molecule has 1 atom stereocenters. The summed E-state index contributed by atoms with van der Waals surface area (Å²) in [6.07, 6.45) is 4.64. The number of pyridine rings is 1. The number of likely N-dealkylation sites (N-methyl/N-ethyl adjacent to an activating group) is 2. The molecular weight excluding hydrogens is 378 g/mol. The molecule has 0 spiro atoms. The maximum absolute atomic E-state index is 12.7. The van der Waals surface area contributed by atoms with Gasteiger partial charge in [0.05, 0.1) is 11.6 Å². The Hall–Kier alpha value is -2.03. The van der Waals surface area contributed by atoms with Gasteiger partial charge in [0.25, 0.3) is 5.91 Å². The zero-order valence-corrected chi connectivity index (χ0v) is 18.5. The molecule has 1 unspecified atom stereocenters. The van der Waals surface area contributed by atoms with E-state index in [1.807, 2.05) is 22.7 Å². The molecule has 0 bridgehead atoms. The van der Waals surface area contributed by atoms with E-state index in [9.17, 15) is 4.79 Å². The fraction of sp³-hybridized carbons (Fsp3) is 0.682. The van der Waals surface area contributed by atoms with Crippen LogP contribution in [0.2, 0.25) is 0 Å². The van der Waals surface area contributed by atoms with Crippen LogP contribution < -0.4 is 5.32 Å². The molecule has 1 saturated carbocycles. The number of carbonyl (C=O) groups excluding carboxylic acids is 1. The zero-order chi connectivity index (χ0) is 21.1. The summed E-state index contributed by atoms with van der Waals surface area (Å²) in [6, 6.07) is 3.92. The fourth-order valence-electron chi connectivity index (χ4n) is 4.28. The topological polar surface area (TPSA) is 69.0 Å². The molecular formula is C22H35N7O. The number of carbonyl (C=O) groups is 1. The van der Waals surface area contributed by atoms with Gasteiger partial charge >= 0.3 is 0 Å². The third kappa shape index (κ3) is 4.82. The number of fused-ring (bicyclic) bond motifs is 1. The van der Waals surface area contributed by atoms with E-state index >= 15 is 0 Å². The molecule has 8 nitrogen and oxygen atoms in total. The predicted molar refractivity (Wildman–Crippen MR) is 118 cm³/mol. The Kier molecular flexibility index (Phi) is 6.65. The number of hydrogen-bond acceptors (Lipinski definition) is 6. The highest BCUT2D eigenvalue weighted by Crippen LogP contribution is 2.32. The van der Waals surface area contributed by atoms with Crippen LogP contribution in [0.15, 0.2) is 18.3 Å². The smallest absolute Gasteiger partial charge is 0.252 e. The van der Waals surface area contributed by atoms with Crippen LogP contribution in [0.4, 0.5) is 0 Å². The molecule has 1 amide bonds. The standard InChI is InChI=1S/C22H35N7O/c1-4-27(5-2)11-10-23-22(30)18-8-9-20-24-25-21(29(20)15-18)19-16-28(13-12-26(19)3)14-17-6-7-17/h8-9,15,17,19H,4-7,10-14,16H2,1-3H3,(H,23,30). The monoisotopic (exact) mass is 413 g/mol. The number of hydrogen-bond donors (Lipinski definition) is 1. The van der Waals surface area contributed by atoms with Crippen LogP contribution in [-0.4, -0.2) is 94.6 Å². The number of nitrogens with zero attached hydrogens (tertiary/aromatic N) is 6. The van der Waals surface area contributed by atoms with Crippen molar-refractivity contribution in [2.45, 2.75) is 32.7 Å². The number of amides is 1. The molecule has 1 N–H and O–H groups in total. The Morgan fingerprint density at radius 2 is 2.00 bits per heavy atom. The molecule has 4 rings (SSSR count). The molecule has 1 saturated heterocycles. The van der Waals surface area contributed by atoms with E-state index in [1.165, 1.54) is 19.4 Å². The second kappa shape index (κ2) is 9.41. The number of nitrogens with one attached hydrogen (secondary N) is 1. The first-order valence-corrected chi connectivity index (χ1v) is 11.4. The normalized spacial score (nSPS) is 20.9. The first-order chi connectivity index (χ1) is 14.6. The highest BCUT2D eigenvalue weighted by Gasteiger charge is 2.32. The van der Waals surface area contributed by atoms with E-state index in [2.05, 4.69) is 51.1 Å². The quantitative estimate of drug-likeness (QED) is 0.672. The van der Waals surface area contributed by atoms with Crippen molar-refractivity contribution in [2.75, 3.05) is 59.4 Å². The van der Waals surface area contributed by atoms with Gasteiger partial charge in [-0.25, -0.2) is 0 Å². The summed E-state index contributed by atoms with van der Waals surface area (Å²) in [4.78, 5) is 19.9. The third-order valence-electron chi connectivity index (χ3n) is 6.54. The van der Waals surface area contributed by atoms with Crippen LogP contribution >= 0.6 is 0 Å². The molecule has 164 valence electrons. The highest BCUT2D eigenvalue weighted by molar-refractivity contribution is 5.94. The minimum atomic E-state index is -0.0453. The van der Waals surface area contributed by atoms with Gasteiger partial charge < -0.3 is 10.2 Å². The largest absolute Gasteiger partial charge is 0.351 e. The Bertz CT molecular complexity index is 858. The van der Waals surface area contributed by atoms with E-state index in [0.29, 0.717) is 12.1 Å². The Morgan fingerprint density at radius 3 is 2.73 bits per heavy atom. The van der Waals surface area contributed by atoms with Crippen LogP contribution in [0.3, 0.4) is 0 Å². The Balaban J connectivity index is 1.47. The van der Waals surface area contributed by atoms with Crippen LogP contribution in [0.1, 0.15) is 48.9 Å². The molecule has 2 aliphatic rings. The van der Waals surface area contributed by atoms with Gasteiger partial charge in [-0.3, -0.25) is 19.0 Å². The lowest BCUT2D eigenvalue weighted by molar-refractivity contribution is 0.0869. The lowest BCUT2D eigenvalue weighted by Crippen LogP contribution is -2.47. The average Bonchev–Trinajstić information content (AvgIpc) is 3.48. The Labute approximate surface area is 179 Å². The Morgan fingerprint density at radius 1 is 1.20 bits per heavy atom. The molecule has 1 aliphatic heterocycles. The lowest BCUT2D eigenvalue weighted by Gasteiger charge is -2.38. The SMILES string of the molecule is CCN(CC)CCNC(=O)c1ccc2nnc(C3CN(CC4CC4)CCN3C)n2c1. The highest BCUT2D eigenvalue weighted by atomic mass is 16.1. The lowest BCUT2D eigenvalue weighted by atomic mass is 10.1. The molecule has 30 heavy (non-hydrogen) atoms. The van der Waals surface area contributed by atoms with Crippen molar-refractivity contribution in [3.8, 4) is 0 Å². The molecule has 3 heterocycles. The van der Waals surface area contributed by atoms with Crippen LogP contribution in [0.5, 0.6) is 0 Å². The van der Waals surface area contributed by atoms with Gasteiger partial charge in [0.1, 0.15) is 0 Å². The van der Waals surface area contributed by atoms with Crippen molar-refractivity contribution >= 4 is 11.6 Å². The first kappa shape index (κ1) is 21.2. The summed E-state index contributed by atoms with van der Waals surface area (Å²) in [7, 11) is 2.16. The van der Waals surface area contributed by atoms with Gasteiger partial charge in [0, 0.05) is 45.5 Å². The minimum Gasteiger partial charge on any atom is -0.351 e. The van der Waals surface area contributed by atoms with Gasteiger partial charge in [-0.2, -0.15) is 0 Å². The summed E-state index contributed by atoms with van der Waals surface area (Å²) in [5.41, 5.74) is 1.44. The number of rotatable bonds is 9. The summed E-state index contributed by atoms with van der Waals surface area (Å²) in [6.45, 7) is 12.1. The second-order valence-corrected chi connectivity index (χ2v) is 8.69. The van der Waals surface area contributed by atoms with Crippen molar-refractivity contribution in [2.24, 2.45) is 5.92 Å². The van der Waals surface area contributed by atoms with E-state index < -0.39 is 0 Å². The van der Waals surface area contributed by atoms with E-state index in [0.717, 1.165) is 56.7 Å². The summed E-state index contributed by atoms with van der Waals surface area (Å²) >= 11 is 0. The molecule has 1 aliphatic carbocycles. The van der Waals surface area contributed by atoms with E-state index in [4.69, 9.17) is 0 Å². The maximum Gasteiger partial charge on any atom is 0.252 e. The van der Waals surface area contributed by atoms with Crippen molar-refractivity contribution in [1.29, 1.82) is 0 Å². The molecule has 2 aromatic heterocycles. The number of piperazine rings is 1. The van der Waals surface area contributed by atoms with Gasteiger partial charge in [-0.05, 0) is 51.0 Å². The zero-order valence-electron chi connectivity index (χ0n) is 18.5. The van der Waals surface area contributed by atoms with Gasteiger partial charge in [-0.1, -0.05) is 13.8 Å². The third-order valence-corrected chi connectivity index (χ3v) is 6.54. The first-order valence-electron chi connectivity index (χ1n) is 11.4. The predicted octanol–water partition coefficient (Wildman–Crippen LogP) is 1.50. The molecule has 0 aromatic carbocycles. The molecule has 8 heteroatoms. The fourth-order valence-corrected chi connectivity index (χ4v) is 4.28. The van der Waals surface area contributed by atoms with Crippen molar-refractivity contribution in [3.05, 3.63) is 29.7 Å². The van der Waals surface area contributed by atoms with Crippen molar-refractivity contribution in [3.63, 3.8) is 0 Å². The van der Waals surface area contributed by atoms with Crippen LogP contribution in [-0.2, 0) is 0 Å². The second-order valence-electron chi connectivity index (χ2n) is 8.69. The summed E-state index contributed by atoms with van der Waals surface area (Å²) in [5.74, 6) is 1.76. The van der Waals surface area contributed by atoms with Crippen molar-refractivity contribution < 1.29 is 4.79 Å². The van der Waals surface area contributed by atoms with Gasteiger partial charge in [0.15, 0.2) is 11.5 Å². The van der Waals surface area contributed by atoms with Crippen LogP contribution in [0, 0.1) is 5.92 Å². The summed E-state index contributed by atoms with van der Waals surface area (Å²) in [5, 5.41) is 11.9. The van der Waals surface area contributed by atoms with E-state index in [1.54, 1.807) is 0 Å². The minimum absolute atomic E-state index is 0.0453. The average molecular weight is 414 g/mol. The summed E-state index contributed by atoms with van der Waals surface area (Å²) < 4.78 is 2.00. The number of aromatic nitrogens is 3. The van der Waals surface area contributed by atoms with Crippen molar-refractivity contribution in [1.82, 2.24) is 34.6 Å². The molecule has 2 fully saturated rings. The van der Waals surface area contributed by atoms with Gasteiger partial charge in [0.2, 0.25) is 0 Å². The maximum atomic E-state index is 12.7. The molecule has 2 aromatic rings. The molecule has 0 radical (unpaired) electrons. The van der Waals surface area contributed by atoms with Crippen LogP contribution in [0.25, 0.3) is 5.65 Å².